The van der Waals surface area contributed by atoms with Crippen molar-refractivity contribution in [3.8, 4) is 0 Å². The third-order valence-corrected chi connectivity index (χ3v) is 2.34. The van der Waals surface area contributed by atoms with Crippen molar-refractivity contribution in [2.75, 3.05) is 7.11 Å². The van der Waals surface area contributed by atoms with E-state index in [9.17, 15) is 4.79 Å². The molecule has 0 saturated carbocycles. The van der Waals surface area contributed by atoms with Crippen LogP contribution in [0, 0.1) is 5.41 Å². The molecule has 0 amide bonds. The van der Waals surface area contributed by atoms with Gasteiger partial charge in [0, 0.05) is 19.6 Å². The van der Waals surface area contributed by atoms with Crippen molar-refractivity contribution in [2.45, 2.75) is 45.7 Å². The van der Waals surface area contributed by atoms with E-state index in [1.165, 1.54) is 0 Å². The van der Waals surface area contributed by atoms with Gasteiger partial charge in [-0.3, -0.25) is 10.1 Å². The van der Waals surface area contributed by atoms with Crippen molar-refractivity contribution in [1.29, 1.82) is 0 Å². The molecule has 15 heavy (non-hydrogen) atoms. The third-order valence-electron chi connectivity index (χ3n) is 2.34. The molecule has 1 saturated heterocycles. The second-order valence-corrected chi connectivity index (χ2v) is 4.87. The van der Waals surface area contributed by atoms with Gasteiger partial charge in [0.2, 0.25) is 0 Å². The van der Waals surface area contributed by atoms with Crippen molar-refractivity contribution in [2.24, 2.45) is 11.1 Å². The van der Waals surface area contributed by atoms with Crippen LogP contribution < -0.4 is 11.1 Å². The van der Waals surface area contributed by atoms with Gasteiger partial charge < -0.3 is 15.2 Å². The first-order valence-corrected chi connectivity index (χ1v) is 5.10. The predicted octanol–water partition coefficient (Wildman–Crippen LogP) is 0.195. The highest BCUT2D eigenvalue weighted by Crippen LogP contribution is 2.20. The third kappa shape index (κ3) is 3.15. The Labute approximate surface area is 90.3 Å². The Morgan fingerprint density at radius 2 is 2.07 bits per heavy atom. The summed E-state index contributed by atoms with van der Waals surface area (Å²) in [5.41, 5.74) is 5.30. The standard InChI is InChI=1S/C10H20N2O3/c1-10(2,3)9(13)15-7-5-6(11)8(12-7)14-4/h6-8,12H,5,11H2,1-4H3. The van der Waals surface area contributed by atoms with Gasteiger partial charge >= 0.3 is 5.97 Å². The second kappa shape index (κ2) is 4.47. The summed E-state index contributed by atoms with van der Waals surface area (Å²) in [5, 5.41) is 3.00. The molecule has 0 spiro atoms. The summed E-state index contributed by atoms with van der Waals surface area (Å²) in [6.07, 6.45) is 0.0137. The Morgan fingerprint density at radius 3 is 2.47 bits per heavy atom. The lowest BCUT2D eigenvalue weighted by Gasteiger charge is -2.20. The number of carbonyl (C=O) groups excluding carboxylic acids is 1. The summed E-state index contributed by atoms with van der Waals surface area (Å²) in [6.45, 7) is 5.45. The maximum atomic E-state index is 11.6. The minimum absolute atomic E-state index is 0.132. The first kappa shape index (κ1) is 12.4. The second-order valence-electron chi connectivity index (χ2n) is 4.87. The maximum Gasteiger partial charge on any atom is 0.312 e. The zero-order valence-corrected chi connectivity index (χ0v) is 9.74. The Bertz CT molecular complexity index is 237. The molecule has 0 bridgehead atoms. The normalized spacial score (nSPS) is 31.7. The van der Waals surface area contributed by atoms with Gasteiger partial charge in [0.1, 0.15) is 6.23 Å². The van der Waals surface area contributed by atoms with Crippen molar-refractivity contribution in [3.63, 3.8) is 0 Å². The molecule has 3 atom stereocenters. The molecular formula is C10H20N2O3. The van der Waals surface area contributed by atoms with E-state index < -0.39 is 5.41 Å². The van der Waals surface area contributed by atoms with Gasteiger partial charge in [0.25, 0.3) is 0 Å². The van der Waals surface area contributed by atoms with Crippen LogP contribution >= 0.6 is 0 Å². The van der Waals surface area contributed by atoms with Crippen molar-refractivity contribution in [1.82, 2.24) is 5.32 Å². The molecule has 1 aliphatic heterocycles. The SMILES string of the molecule is COC1NC(OC(=O)C(C)(C)C)CC1N. The zero-order chi connectivity index (χ0) is 11.6. The van der Waals surface area contributed by atoms with Crippen LogP contribution in [0.15, 0.2) is 0 Å². The average Bonchev–Trinajstić information content (AvgIpc) is 2.44. The predicted molar refractivity (Wildman–Crippen MR) is 55.9 cm³/mol. The highest BCUT2D eigenvalue weighted by atomic mass is 16.6. The summed E-state index contributed by atoms with van der Waals surface area (Å²) in [4.78, 5) is 11.6. The lowest BCUT2D eigenvalue weighted by molar-refractivity contribution is -0.160. The number of hydrogen-bond donors (Lipinski definition) is 2. The van der Waals surface area contributed by atoms with Crippen molar-refractivity contribution < 1.29 is 14.3 Å². The molecule has 1 fully saturated rings. The molecule has 5 heteroatoms. The first-order chi connectivity index (χ1) is 6.84. The Hall–Kier alpha value is -0.650. The Balaban J connectivity index is 2.46. The van der Waals surface area contributed by atoms with E-state index in [0.717, 1.165) is 0 Å². The van der Waals surface area contributed by atoms with Gasteiger partial charge in [-0.15, -0.1) is 0 Å². The molecule has 1 aliphatic rings. The molecule has 0 aromatic rings. The van der Waals surface area contributed by atoms with Crippen molar-refractivity contribution >= 4 is 5.97 Å². The topological polar surface area (TPSA) is 73.6 Å². The monoisotopic (exact) mass is 216 g/mol. The number of ether oxygens (including phenoxy) is 2. The first-order valence-electron chi connectivity index (χ1n) is 5.10. The summed E-state index contributed by atoms with van der Waals surface area (Å²) >= 11 is 0. The van der Waals surface area contributed by atoms with E-state index in [0.29, 0.717) is 6.42 Å². The van der Waals surface area contributed by atoms with Crippen LogP contribution in [0.4, 0.5) is 0 Å². The number of nitrogens with one attached hydrogen (secondary N) is 1. The van der Waals surface area contributed by atoms with E-state index >= 15 is 0 Å². The molecule has 1 heterocycles. The Kier molecular flexibility index (Phi) is 3.70. The molecule has 0 aromatic carbocycles. The molecule has 0 aliphatic carbocycles. The van der Waals surface area contributed by atoms with Crippen LogP contribution in [0.25, 0.3) is 0 Å². The molecule has 1 rings (SSSR count). The average molecular weight is 216 g/mol. The van der Waals surface area contributed by atoms with Crippen LogP contribution in [0.1, 0.15) is 27.2 Å². The zero-order valence-electron chi connectivity index (χ0n) is 9.74. The number of esters is 1. The summed E-state index contributed by atoms with van der Waals surface area (Å²) < 4.78 is 10.4. The molecule has 3 N–H and O–H groups in total. The molecule has 5 nitrogen and oxygen atoms in total. The fourth-order valence-electron chi connectivity index (χ4n) is 1.38. The van der Waals surface area contributed by atoms with E-state index in [1.54, 1.807) is 7.11 Å². The summed E-state index contributed by atoms with van der Waals surface area (Å²) in [7, 11) is 1.57. The van der Waals surface area contributed by atoms with Crippen LogP contribution in [-0.2, 0) is 14.3 Å². The fraction of sp³-hybridized carbons (Fsp3) is 0.900. The lowest BCUT2D eigenvalue weighted by Crippen LogP contribution is -2.40. The molecule has 0 aromatic heterocycles. The highest BCUT2D eigenvalue weighted by molar-refractivity contribution is 5.75. The van der Waals surface area contributed by atoms with Gasteiger partial charge in [0.15, 0.2) is 6.23 Å². The van der Waals surface area contributed by atoms with Gasteiger partial charge in [0.05, 0.1) is 5.41 Å². The number of hydrogen-bond acceptors (Lipinski definition) is 5. The number of methoxy groups -OCH3 is 1. The smallest absolute Gasteiger partial charge is 0.312 e. The number of carbonyl (C=O) groups is 1. The molecule has 3 unspecified atom stereocenters. The molecular weight excluding hydrogens is 196 g/mol. The van der Waals surface area contributed by atoms with Crippen LogP contribution in [0.3, 0.4) is 0 Å². The van der Waals surface area contributed by atoms with E-state index in [4.69, 9.17) is 15.2 Å². The van der Waals surface area contributed by atoms with E-state index in [2.05, 4.69) is 5.32 Å². The molecule has 0 radical (unpaired) electrons. The number of nitrogens with two attached hydrogens (primary N) is 1. The van der Waals surface area contributed by atoms with Crippen LogP contribution in [0.2, 0.25) is 0 Å². The number of rotatable bonds is 2. The summed E-state index contributed by atoms with van der Waals surface area (Å²) in [6, 6.07) is -0.132. The minimum atomic E-state index is -0.489. The Morgan fingerprint density at radius 1 is 1.47 bits per heavy atom. The van der Waals surface area contributed by atoms with Crippen LogP contribution in [0.5, 0.6) is 0 Å². The summed E-state index contributed by atoms with van der Waals surface area (Å²) in [5.74, 6) is -0.232. The fourth-order valence-corrected chi connectivity index (χ4v) is 1.38. The van der Waals surface area contributed by atoms with E-state index in [1.807, 2.05) is 20.8 Å². The van der Waals surface area contributed by atoms with Gasteiger partial charge in [-0.05, 0) is 20.8 Å². The highest BCUT2D eigenvalue weighted by Gasteiger charge is 2.35. The lowest BCUT2D eigenvalue weighted by atomic mass is 9.97. The maximum absolute atomic E-state index is 11.6. The molecule has 88 valence electrons. The quantitative estimate of drug-likeness (QED) is 0.645. The van der Waals surface area contributed by atoms with Gasteiger partial charge in [-0.1, -0.05) is 0 Å². The van der Waals surface area contributed by atoms with Gasteiger partial charge in [-0.2, -0.15) is 0 Å². The minimum Gasteiger partial charge on any atom is -0.446 e. The van der Waals surface area contributed by atoms with Crippen molar-refractivity contribution in [3.05, 3.63) is 0 Å². The van der Waals surface area contributed by atoms with E-state index in [-0.39, 0.29) is 24.5 Å². The largest absolute Gasteiger partial charge is 0.446 e. The van der Waals surface area contributed by atoms with Crippen LogP contribution in [-0.4, -0.2) is 31.6 Å². The van der Waals surface area contributed by atoms with Gasteiger partial charge in [-0.25, -0.2) is 0 Å².